The van der Waals surface area contributed by atoms with Crippen LogP contribution < -0.4 is 9.08 Å². The third-order valence-corrected chi connectivity index (χ3v) is 5.57. The highest BCUT2D eigenvalue weighted by Crippen LogP contribution is 2.43. The molecule has 0 bridgehead atoms. The number of hydrogen-bond donors (Lipinski definition) is 0. The second-order valence-corrected chi connectivity index (χ2v) is 7.13. The summed E-state index contributed by atoms with van der Waals surface area (Å²) in [7, 11) is -3.75. The molecule has 0 spiro atoms. The van der Waals surface area contributed by atoms with Gasteiger partial charge >= 0.3 is 10.3 Å². The smallest absolute Gasteiger partial charge is 0.370 e. The maximum absolute atomic E-state index is 12.4. The number of nitrogens with zero attached hydrogens (tertiary/aromatic N) is 2. The summed E-state index contributed by atoms with van der Waals surface area (Å²) in [5.41, 5.74) is 2.80. The average Bonchev–Trinajstić information content (AvgIpc) is 2.96. The Labute approximate surface area is 130 Å². The summed E-state index contributed by atoms with van der Waals surface area (Å²) in [6, 6.07) is 15.4. The highest BCUT2D eigenvalue weighted by Gasteiger charge is 2.46. The summed E-state index contributed by atoms with van der Waals surface area (Å²) >= 11 is 0. The molecule has 22 heavy (non-hydrogen) atoms. The van der Waals surface area contributed by atoms with Crippen LogP contribution in [0.4, 0.5) is 5.69 Å². The van der Waals surface area contributed by atoms with Gasteiger partial charge in [-0.05, 0) is 24.6 Å². The van der Waals surface area contributed by atoms with Crippen molar-refractivity contribution in [3.8, 4) is 5.75 Å². The van der Waals surface area contributed by atoms with Crippen molar-refractivity contribution in [2.24, 2.45) is 0 Å². The number of rotatable bonds is 1. The second-order valence-electron chi connectivity index (χ2n) is 5.64. The van der Waals surface area contributed by atoms with Crippen LogP contribution >= 0.6 is 0 Å². The van der Waals surface area contributed by atoms with E-state index in [1.54, 1.807) is 0 Å². The third-order valence-electron chi connectivity index (χ3n) is 4.25. The van der Waals surface area contributed by atoms with Crippen molar-refractivity contribution in [1.29, 1.82) is 0 Å². The summed E-state index contributed by atoms with van der Waals surface area (Å²) in [5.74, 6) is 0.485. The average molecular weight is 316 g/mol. The van der Waals surface area contributed by atoms with Gasteiger partial charge in [0, 0.05) is 17.8 Å². The lowest BCUT2D eigenvalue weighted by molar-refractivity contribution is 0.321. The molecule has 2 aromatic rings. The summed E-state index contributed by atoms with van der Waals surface area (Å²) in [6.07, 6.45) is 0. The lowest BCUT2D eigenvalue weighted by Crippen LogP contribution is -2.39. The SMILES string of the molecule is Cc1cccc2c1OS(=O)(=O)N1CN(c3ccccc3)C[C@@H]21. The van der Waals surface area contributed by atoms with E-state index < -0.39 is 10.3 Å². The Hall–Kier alpha value is -2.05. The molecular formula is C16H16N2O3S. The fourth-order valence-electron chi connectivity index (χ4n) is 3.13. The Morgan fingerprint density at radius 3 is 2.64 bits per heavy atom. The van der Waals surface area contributed by atoms with Gasteiger partial charge in [-0.2, -0.15) is 8.42 Å². The van der Waals surface area contributed by atoms with Crippen LogP contribution in [0.1, 0.15) is 17.2 Å². The first-order chi connectivity index (χ1) is 10.6. The zero-order valence-corrected chi connectivity index (χ0v) is 13.0. The van der Waals surface area contributed by atoms with Gasteiger partial charge in [0.2, 0.25) is 0 Å². The van der Waals surface area contributed by atoms with Crippen molar-refractivity contribution in [3.63, 3.8) is 0 Å². The first-order valence-electron chi connectivity index (χ1n) is 7.17. The van der Waals surface area contributed by atoms with Crippen molar-refractivity contribution in [3.05, 3.63) is 59.7 Å². The predicted octanol–water partition coefficient (Wildman–Crippen LogP) is 2.45. The molecule has 1 atom stereocenters. The molecule has 0 radical (unpaired) electrons. The lowest BCUT2D eigenvalue weighted by Gasteiger charge is -2.29. The maximum Gasteiger partial charge on any atom is 0.387 e. The number of anilines is 1. The Balaban J connectivity index is 1.79. The quantitative estimate of drug-likeness (QED) is 0.811. The largest absolute Gasteiger partial charge is 0.387 e. The van der Waals surface area contributed by atoms with E-state index in [0.29, 0.717) is 19.0 Å². The monoisotopic (exact) mass is 316 g/mol. The first kappa shape index (κ1) is 13.6. The van der Waals surface area contributed by atoms with Crippen molar-refractivity contribution in [2.45, 2.75) is 13.0 Å². The minimum atomic E-state index is -3.75. The Morgan fingerprint density at radius 1 is 1.09 bits per heavy atom. The summed E-state index contributed by atoms with van der Waals surface area (Å²) in [5, 5.41) is 0. The fraction of sp³-hybridized carbons (Fsp3) is 0.250. The molecule has 0 unspecified atom stereocenters. The lowest BCUT2D eigenvalue weighted by atomic mass is 10.0. The number of fused-ring (bicyclic) bond motifs is 3. The van der Waals surface area contributed by atoms with Crippen LogP contribution in [-0.4, -0.2) is 25.9 Å². The van der Waals surface area contributed by atoms with Gasteiger partial charge in [-0.15, -0.1) is 4.31 Å². The van der Waals surface area contributed by atoms with Crippen molar-refractivity contribution in [2.75, 3.05) is 18.1 Å². The molecule has 0 saturated carbocycles. The van der Waals surface area contributed by atoms with Crippen LogP contribution in [0.3, 0.4) is 0 Å². The molecule has 2 heterocycles. The molecule has 5 nitrogen and oxygen atoms in total. The summed E-state index contributed by atoms with van der Waals surface area (Å²) < 4.78 is 31.6. The first-order valence-corrected chi connectivity index (χ1v) is 8.53. The fourth-order valence-corrected chi connectivity index (χ4v) is 4.44. The molecular weight excluding hydrogens is 300 g/mol. The van der Waals surface area contributed by atoms with E-state index in [9.17, 15) is 8.42 Å². The van der Waals surface area contributed by atoms with Crippen molar-refractivity contribution in [1.82, 2.24) is 4.31 Å². The van der Waals surface area contributed by atoms with E-state index in [1.165, 1.54) is 4.31 Å². The molecule has 1 saturated heterocycles. The molecule has 4 rings (SSSR count). The molecule has 1 fully saturated rings. The Kier molecular flexibility index (Phi) is 2.92. The van der Waals surface area contributed by atoms with Gasteiger partial charge < -0.3 is 9.08 Å². The molecule has 2 aliphatic heterocycles. The molecule has 0 N–H and O–H groups in total. The van der Waals surface area contributed by atoms with E-state index in [4.69, 9.17) is 4.18 Å². The van der Waals surface area contributed by atoms with E-state index in [2.05, 4.69) is 4.90 Å². The van der Waals surface area contributed by atoms with Crippen molar-refractivity contribution < 1.29 is 12.6 Å². The molecule has 0 aliphatic carbocycles. The second kappa shape index (κ2) is 4.72. The van der Waals surface area contributed by atoms with E-state index >= 15 is 0 Å². The van der Waals surface area contributed by atoms with Gasteiger partial charge in [-0.3, -0.25) is 0 Å². The highest BCUT2D eigenvalue weighted by atomic mass is 32.2. The topological polar surface area (TPSA) is 49.9 Å². The minimum absolute atomic E-state index is 0.200. The third kappa shape index (κ3) is 1.99. The van der Waals surface area contributed by atoms with Gasteiger partial charge in [0.1, 0.15) is 0 Å². The van der Waals surface area contributed by atoms with Crippen LogP contribution in [0.2, 0.25) is 0 Å². The molecule has 2 aromatic carbocycles. The van der Waals surface area contributed by atoms with Crippen LogP contribution in [0.25, 0.3) is 0 Å². The summed E-state index contributed by atoms with van der Waals surface area (Å²) in [4.78, 5) is 2.06. The Bertz CT molecular complexity index is 821. The van der Waals surface area contributed by atoms with Crippen LogP contribution in [0.5, 0.6) is 5.75 Å². The van der Waals surface area contributed by atoms with Crippen LogP contribution in [0, 0.1) is 6.92 Å². The minimum Gasteiger partial charge on any atom is -0.370 e. The standard InChI is InChI=1S/C16H16N2O3S/c1-12-6-5-9-14-15-10-17(13-7-3-2-4-8-13)11-18(15)22(19,20)21-16(12)14/h2-9,15H,10-11H2,1H3/t15-/m0/s1. The van der Waals surface area contributed by atoms with E-state index in [0.717, 1.165) is 16.8 Å². The normalized spacial score (nSPS) is 22.8. The number of para-hydroxylation sites is 2. The Morgan fingerprint density at radius 2 is 1.86 bits per heavy atom. The van der Waals surface area contributed by atoms with Crippen LogP contribution in [-0.2, 0) is 10.3 Å². The van der Waals surface area contributed by atoms with Gasteiger partial charge in [-0.25, -0.2) is 0 Å². The zero-order valence-electron chi connectivity index (χ0n) is 12.1. The van der Waals surface area contributed by atoms with E-state index in [1.807, 2.05) is 55.5 Å². The van der Waals surface area contributed by atoms with Crippen LogP contribution in [0.15, 0.2) is 48.5 Å². The van der Waals surface area contributed by atoms with Gasteiger partial charge in [0.05, 0.1) is 12.7 Å². The zero-order chi connectivity index (χ0) is 15.3. The highest BCUT2D eigenvalue weighted by molar-refractivity contribution is 7.84. The molecule has 0 amide bonds. The van der Waals surface area contributed by atoms with Gasteiger partial charge in [-0.1, -0.05) is 36.4 Å². The molecule has 6 heteroatoms. The number of benzene rings is 2. The van der Waals surface area contributed by atoms with E-state index in [-0.39, 0.29) is 6.04 Å². The number of aryl methyl sites for hydroxylation is 1. The molecule has 114 valence electrons. The van der Waals surface area contributed by atoms with Gasteiger partial charge in [0.25, 0.3) is 0 Å². The summed E-state index contributed by atoms with van der Waals surface area (Å²) in [6.45, 7) is 2.81. The molecule has 0 aromatic heterocycles. The predicted molar refractivity (Wildman–Crippen MR) is 84.0 cm³/mol. The maximum atomic E-state index is 12.4. The molecule has 2 aliphatic rings. The van der Waals surface area contributed by atoms with Crippen molar-refractivity contribution >= 4 is 16.0 Å². The number of hydrogen-bond acceptors (Lipinski definition) is 4. The van der Waals surface area contributed by atoms with Gasteiger partial charge in [0.15, 0.2) is 5.75 Å².